The monoisotopic (exact) mass is 208 g/mol. The van der Waals surface area contributed by atoms with E-state index in [4.69, 9.17) is 0 Å². The number of hydrogen-bond acceptors (Lipinski definition) is 4. The van der Waals surface area contributed by atoms with Crippen molar-refractivity contribution in [3.63, 3.8) is 0 Å². The second kappa shape index (κ2) is 5.57. The van der Waals surface area contributed by atoms with Crippen molar-refractivity contribution in [2.75, 3.05) is 40.0 Å². The van der Waals surface area contributed by atoms with Gasteiger partial charge in [-0.05, 0) is 21.0 Å². The van der Waals surface area contributed by atoms with E-state index in [9.17, 15) is 8.42 Å². The molecule has 1 N–H and O–H groups in total. The molecule has 80 valence electrons. The molecule has 0 aliphatic heterocycles. The van der Waals surface area contributed by atoms with Crippen LogP contribution in [-0.4, -0.2) is 58.6 Å². The molecule has 0 rings (SSSR count). The molecular weight excluding hydrogens is 188 g/mol. The van der Waals surface area contributed by atoms with Gasteiger partial charge in [0.2, 0.25) is 0 Å². The molecule has 5 heteroatoms. The van der Waals surface area contributed by atoms with E-state index in [-0.39, 0.29) is 5.25 Å². The summed E-state index contributed by atoms with van der Waals surface area (Å²) in [4.78, 5) is 2.02. The van der Waals surface area contributed by atoms with Gasteiger partial charge >= 0.3 is 0 Å². The van der Waals surface area contributed by atoms with Gasteiger partial charge in [-0.15, -0.1) is 0 Å². The highest BCUT2D eigenvalue weighted by Gasteiger charge is 2.16. The Balaban J connectivity index is 3.85. The van der Waals surface area contributed by atoms with E-state index in [0.717, 1.165) is 13.1 Å². The quantitative estimate of drug-likeness (QED) is 0.643. The van der Waals surface area contributed by atoms with Gasteiger partial charge in [0.15, 0.2) is 9.84 Å². The number of nitrogens with zero attached hydrogens (tertiary/aromatic N) is 1. The lowest BCUT2D eigenvalue weighted by Crippen LogP contribution is -2.35. The second-order valence-corrected chi connectivity index (χ2v) is 5.97. The van der Waals surface area contributed by atoms with Gasteiger partial charge in [0.25, 0.3) is 0 Å². The van der Waals surface area contributed by atoms with Gasteiger partial charge in [0, 0.05) is 25.9 Å². The predicted octanol–water partition coefficient (Wildman–Crippen LogP) is -0.429. The Morgan fingerprint density at radius 1 is 1.46 bits per heavy atom. The molecular formula is C8H20N2O2S. The Kier molecular flexibility index (Phi) is 5.51. The van der Waals surface area contributed by atoms with Crippen LogP contribution in [0.15, 0.2) is 0 Å². The lowest BCUT2D eigenvalue weighted by molar-refractivity contribution is 0.336. The lowest BCUT2D eigenvalue weighted by atomic mass is 10.4. The van der Waals surface area contributed by atoms with E-state index >= 15 is 0 Å². The molecule has 0 bridgehead atoms. The van der Waals surface area contributed by atoms with Crippen molar-refractivity contribution in [3.8, 4) is 0 Å². The molecule has 1 unspecified atom stereocenters. The molecule has 0 fully saturated rings. The van der Waals surface area contributed by atoms with Crippen LogP contribution >= 0.6 is 0 Å². The van der Waals surface area contributed by atoms with Gasteiger partial charge < -0.3 is 10.2 Å². The highest BCUT2D eigenvalue weighted by Crippen LogP contribution is 1.99. The maximum atomic E-state index is 11.1. The third-order valence-corrected chi connectivity index (χ3v) is 3.65. The zero-order chi connectivity index (χ0) is 10.5. The van der Waals surface area contributed by atoms with E-state index in [0.29, 0.717) is 6.54 Å². The normalized spacial score (nSPS) is 14.8. The molecule has 1 atom stereocenters. The first-order chi connectivity index (χ1) is 5.88. The topological polar surface area (TPSA) is 49.4 Å². The maximum absolute atomic E-state index is 11.1. The van der Waals surface area contributed by atoms with Crippen molar-refractivity contribution in [2.45, 2.75) is 12.2 Å². The first-order valence-electron chi connectivity index (χ1n) is 4.40. The van der Waals surface area contributed by atoms with Crippen LogP contribution in [0.4, 0.5) is 0 Å². The van der Waals surface area contributed by atoms with Crippen LogP contribution < -0.4 is 5.32 Å². The van der Waals surface area contributed by atoms with E-state index < -0.39 is 9.84 Å². The molecule has 0 aromatic heterocycles. The fraction of sp³-hybridized carbons (Fsp3) is 1.00. The maximum Gasteiger partial charge on any atom is 0.151 e. The summed E-state index contributed by atoms with van der Waals surface area (Å²) < 4.78 is 22.2. The first kappa shape index (κ1) is 12.9. The zero-order valence-corrected chi connectivity index (χ0v) is 9.69. The highest BCUT2D eigenvalue weighted by atomic mass is 32.2. The first-order valence-corrected chi connectivity index (χ1v) is 6.35. The lowest BCUT2D eigenvalue weighted by Gasteiger charge is -2.19. The number of sulfone groups is 1. The molecule has 0 aliphatic rings. The van der Waals surface area contributed by atoms with Crippen LogP contribution in [0.2, 0.25) is 0 Å². The predicted molar refractivity (Wildman–Crippen MR) is 55.7 cm³/mol. The molecule has 0 radical (unpaired) electrons. The second-order valence-electron chi connectivity index (χ2n) is 3.51. The summed E-state index contributed by atoms with van der Waals surface area (Å²) in [5.74, 6) is 0. The summed E-state index contributed by atoms with van der Waals surface area (Å²) in [7, 11) is 0.927. The highest BCUT2D eigenvalue weighted by molar-refractivity contribution is 7.91. The summed E-state index contributed by atoms with van der Waals surface area (Å²) in [6.45, 7) is 4.09. The molecule has 0 aromatic carbocycles. The summed E-state index contributed by atoms with van der Waals surface area (Å²) in [5.41, 5.74) is 0. The molecule has 0 aliphatic carbocycles. The third-order valence-electron chi connectivity index (χ3n) is 2.04. The molecule has 13 heavy (non-hydrogen) atoms. The number of likely N-dealkylation sites (N-methyl/N-ethyl adjacent to an activating group) is 2. The van der Waals surface area contributed by atoms with Crippen LogP contribution in [-0.2, 0) is 9.84 Å². The van der Waals surface area contributed by atoms with E-state index in [2.05, 4.69) is 5.32 Å². The number of hydrogen-bond donors (Lipinski definition) is 1. The molecule has 0 spiro atoms. The van der Waals surface area contributed by atoms with E-state index in [1.165, 1.54) is 6.26 Å². The van der Waals surface area contributed by atoms with Gasteiger partial charge in [-0.1, -0.05) is 0 Å². The molecule has 0 aromatic rings. The largest absolute Gasteiger partial charge is 0.318 e. The minimum absolute atomic E-state index is 0.283. The molecule has 4 nitrogen and oxygen atoms in total. The summed E-state index contributed by atoms with van der Waals surface area (Å²) in [6.07, 6.45) is 1.28. The minimum Gasteiger partial charge on any atom is -0.318 e. The summed E-state index contributed by atoms with van der Waals surface area (Å²) in [6, 6.07) is 0. The molecule has 0 saturated heterocycles. The smallest absolute Gasteiger partial charge is 0.151 e. The number of rotatable bonds is 6. The van der Waals surface area contributed by atoms with Gasteiger partial charge in [0.05, 0.1) is 5.25 Å². The average molecular weight is 208 g/mol. The molecule has 0 heterocycles. The van der Waals surface area contributed by atoms with Crippen molar-refractivity contribution in [3.05, 3.63) is 0 Å². The zero-order valence-electron chi connectivity index (χ0n) is 8.87. The van der Waals surface area contributed by atoms with Crippen molar-refractivity contribution >= 4 is 9.84 Å². The Morgan fingerprint density at radius 3 is 2.38 bits per heavy atom. The van der Waals surface area contributed by atoms with Gasteiger partial charge in [-0.3, -0.25) is 0 Å². The van der Waals surface area contributed by atoms with Crippen LogP contribution in [0.3, 0.4) is 0 Å². The van der Waals surface area contributed by atoms with Crippen LogP contribution in [0.1, 0.15) is 6.92 Å². The van der Waals surface area contributed by atoms with Crippen LogP contribution in [0.25, 0.3) is 0 Å². The average Bonchev–Trinajstić information content (AvgIpc) is 1.99. The summed E-state index contributed by atoms with van der Waals surface area (Å²) in [5, 5.41) is 2.74. The SMILES string of the molecule is CNCCN(C)CC(C)S(C)(=O)=O. The Bertz CT molecular complexity index is 226. The van der Waals surface area contributed by atoms with Gasteiger partial charge in [-0.2, -0.15) is 0 Å². The Hall–Kier alpha value is -0.130. The van der Waals surface area contributed by atoms with Crippen LogP contribution in [0.5, 0.6) is 0 Å². The minimum atomic E-state index is -2.89. The van der Waals surface area contributed by atoms with Gasteiger partial charge in [-0.25, -0.2) is 8.42 Å². The fourth-order valence-corrected chi connectivity index (χ4v) is 1.49. The van der Waals surface area contributed by atoms with Crippen molar-refractivity contribution in [2.24, 2.45) is 0 Å². The molecule has 0 amide bonds. The van der Waals surface area contributed by atoms with Gasteiger partial charge in [0.1, 0.15) is 0 Å². The number of nitrogens with one attached hydrogen (secondary N) is 1. The third kappa shape index (κ3) is 6.01. The summed E-state index contributed by atoms with van der Waals surface area (Å²) >= 11 is 0. The van der Waals surface area contributed by atoms with Crippen molar-refractivity contribution in [1.82, 2.24) is 10.2 Å². The van der Waals surface area contributed by atoms with Crippen molar-refractivity contribution < 1.29 is 8.42 Å². The Morgan fingerprint density at radius 2 is 2.00 bits per heavy atom. The fourth-order valence-electron chi connectivity index (χ4n) is 0.968. The van der Waals surface area contributed by atoms with Crippen molar-refractivity contribution in [1.29, 1.82) is 0 Å². The Labute approximate surface area is 81.2 Å². The van der Waals surface area contributed by atoms with E-state index in [1.807, 2.05) is 19.0 Å². The standard InChI is InChI=1S/C8H20N2O2S/c1-8(13(4,11)12)7-10(3)6-5-9-2/h8-9H,5-7H2,1-4H3. The van der Waals surface area contributed by atoms with Crippen LogP contribution in [0, 0.1) is 0 Å². The van der Waals surface area contributed by atoms with E-state index in [1.54, 1.807) is 6.92 Å². The molecule has 0 saturated carbocycles.